The molecule has 2 aromatic rings. The molecule has 0 saturated heterocycles. The van der Waals surface area contributed by atoms with E-state index in [2.05, 4.69) is 5.32 Å². The van der Waals surface area contributed by atoms with E-state index in [4.69, 9.17) is 0 Å². The van der Waals surface area contributed by atoms with Gasteiger partial charge in [-0.15, -0.1) is 0 Å². The van der Waals surface area contributed by atoms with Crippen LogP contribution in [0, 0.1) is 6.92 Å². The fourth-order valence-electron chi connectivity index (χ4n) is 4.76. The highest BCUT2D eigenvalue weighted by atomic mass is 32.2. The zero-order chi connectivity index (χ0) is 26.1. The molecular formula is C28H39N3O4S. The van der Waals surface area contributed by atoms with Gasteiger partial charge < -0.3 is 10.2 Å². The normalized spacial score (nSPS) is 15.2. The standard InChI is InChI=1S/C28H39N3O4S/c1-4-26(28(33)29-24-13-9-6-10-14-24)30(20-19-23-11-7-5-8-12-23)27(32)21-31(36(3,34)35)25-17-15-22(2)16-18-25/h5,7-8,11-12,15-18,24,26H,4,6,9-10,13-14,19-21H2,1-3H3,(H,29,33)/t26-/m0/s1. The zero-order valence-corrected chi connectivity index (χ0v) is 22.5. The van der Waals surface area contributed by atoms with Crippen molar-refractivity contribution < 1.29 is 18.0 Å². The van der Waals surface area contributed by atoms with Crippen molar-refractivity contribution in [3.05, 3.63) is 65.7 Å². The van der Waals surface area contributed by atoms with Crippen LogP contribution in [0.1, 0.15) is 56.6 Å². The Kier molecular flexibility index (Phi) is 9.93. The predicted molar refractivity (Wildman–Crippen MR) is 144 cm³/mol. The van der Waals surface area contributed by atoms with Gasteiger partial charge in [0.2, 0.25) is 21.8 Å². The Labute approximate surface area is 215 Å². The number of hydrogen-bond donors (Lipinski definition) is 1. The molecule has 2 amide bonds. The number of nitrogens with zero attached hydrogens (tertiary/aromatic N) is 2. The Hall–Kier alpha value is -2.87. The van der Waals surface area contributed by atoms with Gasteiger partial charge in [0.25, 0.3) is 0 Å². The monoisotopic (exact) mass is 513 g/mol. The van der Waals surface area contributed by atoms with E-state index in [1.807, 2.05) is 56.3 Å². The maximum atomic E-state index is 13.7. The van der Waals surface area contributed by atoms with Crippen molar-refractivity contribution in [2.24, 2.45) is 0 Å². The molecule has 0 spiro atoms. The first-order valence-electron chi connectivity index (χ1n) is 12.9. The Bertz CT molecular complexity index is 1100. The van der Waals surface area contributed by atoms with E-state index in [-0.39, 0.29) is 24.4 Å². The van der Waals surface area contributed by atoms with Gasteiger partial charge in [-0.2, -0.15) is 0 Å². The topological polar surface area (TPSA) is 86.8 Å². The van der Waals surface area contributed by atoms with E-state index in [1.54, 1.807) is 17.0 Å². The van der Waals surface area contributed by atoms with E-state index in [1.165, 1.54) is 6.42 Å². The smallest absolute Gasteiger partial charge is 0.244 e. The molecule has 8 heteroatoms. The van der Waals surface area contributed by atoms with E-state index < -0.39 is 16.1 Å². The first-order chi connectivity index (χ1) is 17.2. The molecule has 0 bridgehead atoms. The van der Waals surface area contributed by atoms with Gasteiger partial charge in [0.15, 0.2) is 0 Å². The van der Waals surface area contributed by atoms with Gasteiger partial charge in [-0.3, -0.25) is 13.9 Å². The molecule has 3 rings (SSSR count). The van der Waals surface area contributed by atoms with Gasteiger partial charge in [-0.25, -0.2) is 8.42 Å². The molecule has 1 atom stereocenters. The Balaban J connectivity index is 1.84. The van der Waals surface area contributed by atoms with Crippen LogP contribution >= 0.6 is 0 Å². The van der Waals surface area contributed by atoms with E-state index in [9.17, 15) is 18.0 Å². The molecule has 1 N–H and O–H groups in total. The summed E-state index contributed by atoms with van der Waals surface area (Å²) in [5, 5.41) is 3.16. The average Bonchev–Trinajstić information content (AvgIpc) is 2.86. The van der Waals surface area contributed by atoms with E-state index in [0.29, 0.717) is 25.1 Å². The molecule has 1 fully saturated rings. The number of amides is 2. The fraction of sp³-hybridized carbons (Fsp3) is 0.500. The highest BCUT2D eigenvalue weighted by Gasteiger charge is 2.32. The number of benzene rings is 2. The van der Waals surface area contributed by atoms with Crippen LogP contribution in [0.25, 0.3) is 0 Å². The van der Waals surface area contributed by atoms with Gasteiger partial charge in [-0.1, -0.05) is 74.2 Å². The van der Waals surface area contributed by atoms with Crippen LogP contribution in [0.3, 0.4) is 0 Å². The Morgan fingerprint density at radius 1 is 1.00 bits per heavy atom. The van der Waals surface area contributed by atoms with Crippen LogP contribution in [-0.2, 0) is 26.0 Å². The maximum absolute atomic E-state index is 13.7. The number of nitrogens with one attached hydrogen (secondary N) is 1. The molecule has 1 saturated carbocycles. The summed E-state index contributed by atoms with van der Waals surface area (Å²) in [5.41, 5.74) is 2.48. The molecule has 0 aromatic heterocycles. The highest BCUT2D eigenvalue weighted by Crippen LogP contribution is 2.21. The third kappa shape index (κ3) is 7.82. The van der Waals surface area contributed by atoms with Crippen LogP contribution in [0.5, 0.6) is 0 Å². The molecule has 0 radical (unpaired) electrons. The van der Waals surface area contributed by atoms with E-state index >= 15 is 0 Å². The second kappa shape index (κ2) is 12.9. The van der Waals surface area contributed by atoms with Gasteiger partial charge in [-0.05, 0) is 50.3 Å². The van der Waals surface area contributed by atoms with Gasteiger partial charge >= 0.3 is 0 Å². The first kappa shape index (κ1) is 27.7. The number of sulfonamides is 1. The van der Waals surface area contributed by atoms with Crippen molar-refractivity contribution in [3.63, 3.8) is 0 Å². The quantitative estimate of drug-likeness (QED) is 0.491. The summed E-state index contributed by atoms with van der Waals surface area (Å²) < 4.78 is 26.5. The van der Waals surface area contributed by atoms with Crippen molar-refractivity contribution in [1.82, 2.24) is 10.2 Å². The summed E-state index contributed by atoms with van der Waals surface area (Å²) in [6.45, 7) is 3.78. The molecule has 7 nitrogen and oxygen atoms in total. The minimum atomic E-state index is -3.72. The summed E-state index contributed by atoms with van der Waals surface area (Å²) in [4.78, 5) is 28.6. The minimum Gasteiger partial charge on any atom is -0.352 e. The molecule has 0 aliphatic heterocycles. The highest BCUT2D eigenvalue weighted by molar-refractivity contribution is 7.92. The molecule has 0 unspecified atom stereocenters. The molecule has 1 aliphatic carbocycles. The lowest BCUT2D eigenvalue weighted by molar-refractivity contribution is -0.140. The van der Waals surface area contributed by atoms with Crippen molar-refractivity contribution in [3.8, 4) is 0 Å². The summed E-state index contributed by atoms with van der Waals surface area (Å²) in [6, 6.07) is 16.3. The minimum absolute atomic E-state index is 0.131. The lowest BCUT2D eigenvalue weighted by atomic mass is 9.95. The number of rotatable bonds is 11. The second-order valence-electron chi connectivity index (χ2n) is 9.70. The molecular weight excluding hydrogens is 474 g/mol. The SMILES string of the molecule is CC[C@@H](C(=O)NC1CCCCC1)N(CCc1ccccc1)C(=O)CN(c1ccc(C)cc1)S(C)(=O)=O. The van der Waals surface area contributed by atoms with Crippen LogP contribution < -0.4 is 9.62 Å². The third-order valence-electron chi connectivity index (χ3n) is 6.82. The number of aryl methyl sites for hydroxylation is 1. The van der Waals surface area contributed by atoms with Crippen LogP contribution in [-0.4, -0.2) is 56.6 Å². The summed E-state index contributed by atoms with van der Waals surface area (Å²) >= 11 is 0. The molecule has 2 aromatic carbocycles. The fourth-order valence-corrected chi connectivity index (χ4v) is 5.61. The van der Waals surface area contributed by atoms with Gasteiger partial charge in [0.1, 0.15) is 12.6 Å². The maximum Gasteiger partial charge on any atom is 0.244 e. The molecule has 196 valence electrons. The second-order valence-corrected chi connectivity index (χ2v) is 11.6. The third-order valence-corrected chi connectivity index (χ3v) is 7.96. The Morgan fingerprint density at radius 2 is 1.64 bits per heavy atom. The van der Waals surface area contributed by atoms with Crippen molar-refractivity contribution in [2.45, 2.75) is 70.9 Å². The molecule has 0 heterocycles. The number of carbonyl (C=O) groups is 2. The van der Waals surface area contributed by atoms with Crippen LogP contribution in [0.2, 0.25) is 0 Å². The van der Waals surface area contributed by atoms with Crippen molar-refractivity contribution in [1.29, 1.82) is 0 Å². The molecule has 1 aliphatic rings. The van der Waals surface area contributed by atoms with Crippen LogP contribution in [0.15, 0.2) is 54.6 Å². The number of anilines is 1. The first-order valence-corrected chi connectivity index (χ1v) is 14.7. The van der Waals surface area contributed by atoms with Gasteiger partial charge in [0.05, 0.1) is 11.9 Å². The predicted octanol–water partition coefficient (Wildman–Crippen LogP) is 4.06. The summed E-state index contributed by atoms with van der Waals surface area (Å²) in [6.07, 6.45) is 7.40. The summed E-state index contributed by atoms with van der Waals surface area (Å²) in [7, 11) is -3.72. The largest absolute Gasteiger partial charge is 0.352 e. The van der Waals surface area contributed by atoms with Crippen molar-refractivity contribution >= 4 is 27.5 Å². The summed E-state index contributed by atoms with van der Waals surface area (Å²) in [5.74, 6) is -0.547. The zero-order valence-electron chi connectivity index (χ0n) is 21.7. The van der Waals surface area contributed by atoms with E-state index in [0.717, 1.165) is 47.4 Å². The van der Waals surface area contributed by atoms with Gasteiger partial charge in [0, 0.05) is 12.6 Å². The Morgan fingerprint density at radius 3 is 2.22 bits per heavy atom. The lowest BCUT2D eigenvalue weighted by Gasteiger charge is -2.34. The van der Waals surface area contributed by atoms with Crippen LogP contribution in [0.4, 0.5) is 5.69 Å². The lowest BCUT2D eigenvalue weighted by Crippen LogP contribution is -2.54. The number of hydrogen-bond acceptors (Lipinski definition) is 4. The number of carbonyl (C=O) groups excluding carboxylic acids is 2. The average molecular weight is 514 g/mol. The van der Waals surface area contributed by atoms with Crippen molar-refractivity contribution in [2.75, 3.05) is 23.7 Å². The molecule has 36 heavy (non-hydrogen) atoms.